The average Bonchev–Trinajstić information content (AvgIpc) is 2.47. The number of fused-ring (bicyclic) bond motifs is 2. The molecule has 0 unspecified atom stereocenters. The monoisotopic (exact) mass is 253 g/mol. The Hall–Kier alpha value is -1.97. The zero-order chi connectivity index (χ0) is 13.2. The quantitative estimate of drug-likeness (QED) is 0.527. The van der Waals surface area contributed by atoms with Crippen molar-refractivity contribution in [2.75, 3.05) is 14.2 Å². The minimum Gasteiger partial charge on any atom is -0.352 e. The largest absolute Gasteiger partial charge is 0.352 e. The van der Waals surface area contributed by atoms with E-state index in [0.717, 1.165) is 27.4 Å². The number of nitrogens with zero attached hydrogens (tertiary/aromatic N) is 1. The Morgan fingerprint density at radius 2 is 1.26 bits per heavy atom. The van der Waals surface area contributed by atoms with E-state index in [4.69, 9.17) is 9.47 Å². The van der Waals surface area contributed by atoms with E-state index in [9.17, 15) is 0 Å². The molecule has 0 fully saturated rings. The molecule has 0 bridgehead atoms. The predicted octanol–water partition coefficient (Wildman–Crippen LogP) is 3.68. The predicted molar refractivity (Wildman–Crippen MR) is 76.0 cm³/mol. The summed E-state index contributed by atoms with van der Waals surface area (Å²) in [7, 11) is 3.30. The summed E-state index contributed by atoms with van der Waals surface area (Å²) in [5, 5.41) is 2.13. The summed E-state index contributed by atoms with van der Waals surface area (Å²) < 4.78 is 10.9. The fraction of sp³-hybridized carbons (Fsp3) is 0.188. The second-order valence-electron chi connectivity index (χ2n) is 4.36. The maximum atomic E-state index is 5.45. The molecule has 3 aromatic rings. The molecule has 3 rings (SSSR count). The summed E-state index contributed by atoms with van der Waals surface area (Å²) >= 11 is 0. The van der Waals surface area contributed by atoms with Crippen LogP contribution in [0, 0.1) is 0 Å². The number of ether oxygens (including phenoxy) is 2. The van der Waals surface area contributed by atoms with Crippen LogP contribution in [0.5, 0.6) is 0 Å². The number of rotatable bonds is 3. The molecule has 2 aromatic carbocycles. The van der Waals surface area contributed by atoms with E-state index < -0.39 is 6.29 Å². The molecule has 0 spiro atoms. The van der Waals surface area contributed by atoms with Gasteiger partial charge < -0.3 is 9.47 Å². The number of hydrogen-bond acceptors (Lipinski definition) is 3. The molecule has 1 heterocycles. The highest BCUT2D eigenvalue weighted by Crippen LogP contribution is 2.32. The SMILES string of the molecule is COC(OC)c1c2ccccc2nc2ccccc12. The number of pyridine rings is 1. The maximum Gasteiger partial charge on any atom is 0.184 e. The summed E-state index contributed by atoms with van der Waals surface area (Å²) in [5.41, 5.74) is 2.94. The second kappa shape index (κ2) is 4.96. The first-order valence-corrected chi connectivity index (χ1v) is 6.18. The summed E-state index contributed by atoms with van der Waals surface area (Å²) in [6.07, 6.45) is -0.391. The summed E-state index contributed by atoms with van der Waals surface area (Å²) in [4.78, 5) is 4.68. The van der Waals surface area contributed by atoms with E-state index in [1.165, 1.54) is 0 Å². The fourth-order valence-corrected chi connectivity index (χ4v) is 2.46. The molecule has 1 aromatic heterocycles. The number of aromatic nitrogens is 1. The van der Waals surface area contributed by atoms with Gasteiger partial charge in [0.05, 0.1) is 11.0 Å². The van der Waals surface area contributed by atoms with Gasteiger partial charge in [-0.15, -0.1) is 0 Å². The lowest BCUT2D eigenvalue weighted by molar-refractivity contribution is -0.104. The van der Waals surface area contributed by atoms with Crippen LogP contribution in [-0.2, 0) is 9.47 Å². The van der Waals surface area contributed by atoms with Crippen LogP contribution in [0.25, 0.3) is 21.8 Å². The topological polar surface area (TPSA) is 31.4 Å². The number of methoxy groups -OCH3 is 2. The first-order chi connectivity index (χ1) is 9.35. The van der Waals surface area contributed by atoms with Gasteiger partial charge in [-0.2, -0.15) is 0 Å². The molecule has 3 nitrogen and oxygen atoms in total. The molecule has 0 aliphatic heterocycles. The van der Waals surface area contributed by atoms with Gasteiger partial charge in [0.1, 0.15) is 0 Å². The molecule has 3 heteroatoms. The van der Waals surface area contributed by atoms with Gasteiger partial charge in [0, 0.05) is 30.6 Å². The van der Waals surface area contributed by atoms with Gasteiger partial charge in [-0.05, 0) is 12.1 Å². The Labute approximate surface area is 111 Å². The Kier molecular flexibility index (Phi) is 3.15. The van der Waals surface area contributed by atoms with Crippen LogP contribution in [-0.4, -0.2) is 19.2 Å². The van der Waals surface area contributed by atoms with Gasteiger partial charge in [0.25, 0.3) is 0 Å². The molecule has 0 radical (unpaired) electrons. The minimum atomic E-state index is -0.391. The van der Waals surface area contributed by atoms with E-state index in [1.54, 1.807) is 14.2 Å². The third kappa shape index (κ3) is 1.97. The molecule has 19 heavy (non-hydrogen) atoms. The Bertz CT molecular complexity index is 666. The van der Waals surface area contributed by atoms with E-state index >= 15 is 0 Å². The van der Waals surface area contributed by atoms with Gasteiger partial charge in [-0.3, -0.25) is 0 Å². The molecule has 96 valence electrons. The van der Waals surface area contributed by atoms with Crippen LogP contribution in [0.3, 0.4) is 0 Å². The zero-order valence-electron chi connectivity index (χ0n) is 11.0. The fourth-order valence-electron chi connectivity index (χ4n) is 2.46. The van der Waals surface area contributed by atoms with E-state index in [0.29, 0.717) is 0 Å². The molecular weight excluding hydrogens is 238 g/mol. The van der Waals surface area contributed by atoms with Crippen LogP contribution >= 0.6 is 0 Å². The summed E-state index contributed by atoms with van der Waals surface area (Å²) in [5.74, 6) is 0. The van der Waals surface area contributed by atoms with Crippen LogP contribution in [0.2, 0.25) is 0 Å². The lowest BCUT2D eigenvalue weighted by Gasteiger charge is -2.18. The molecule has 0 aliphatic rings. The number of hydrogen-bond donors (Lipinski definition) is 0. The lowest BCUT2D eigenvalue weighted by atomic mass is 10.0. The van der Waals surface area contributed by atoms with E-state index in [-0.39, 0.29) is 0 Å². The number of benzene rings is 2. The molecule has 0 aliphatic carbocycles. The third-order valence-electron chi connectivity index (χ3n) is 3.29. The normalized spacial score (nSPS) is 11.5. The summed E-state index contributed by atoms with van der Waals surface area (Å²) in [6, 6.07) is 16.1. The Balaban J connectivity index is 2.45. The lowest BCUT2D eigenvalue weighted by Crippen LogP contribution is -2.06. The zero-order valence-corrected chi connectivity index (χ0v) is 11.0. The first kappa shape index (κ1) is 12.1. The highest BCUT2D eigenvalue weighted by molar-refractivity contribution is 5.97. The molecule has 0 amide bonds. The van der Waals surface area contributed by atoms with Crippen molar-refractivity contribution < 1.29 is 9.47 Å². The molecule has 0 saturated heterocycles. The van der Waals surface area contributed by atoms with E-state index in [2.05, 4.69) is 17.1 Å². The van der Waals surface area contributed by atoms with Crippen molar-refractivity contribution >= 4 is 21.8 Å². The number of para-hydroxylation sites is 2. The van der Waals surface area contributed by atoms with Crippen molar-refractivity contribution in [1.82, 2.24) is 4.98 Å². The van der Waals surface area contributed by atoms with Gasteiger partial charge in [0.15, 0.2) is 6.29 Å². The molecule has 0 saturated carbocycles. The highest BCUT2D eigenvalue weighted by atomic mass is 16.7. The van der Waals surface area contributed by atoms with Crippen molar-refractivity contribution in [3.8, 4) is 0 Å². The highest BCUT2D eigenvalue weighted by Gasteiger charge is 2.17. The van der Waals surface area contributed by atoms with Crippen LogP contribution in [0.1, 0.15) is 11.9 Å². The van der Waals surface area contributed by atoms with E-state index in [1.807, 2.05) is 36.4 Å². The van der Waals surface area contributed by atoms with Gasteiger partial charge in [-0.25, -0.2) is 4.98 Å². The van der Waals surface area contributed by atoms with Gasteiger partial charge >= 0.3 is 0 Å². The van der Waals surface area contributed by atoms with Crippen LogP contribution < -0.4 is 0 Å². The molecular formula is C16H15NO2. The van der Waals surface area contributed by atoms with Crippen molar-refractivity contribution in [3.05, 3.63) is 54.1 Å². The van der Waals surface area contributed by atoms with Crippen molar-refractivity contribution in [3.63, 3.8) is 0 Å². The average molecular weight is 253 g/mol. The van der Waals surface area contributed by atoms with Crippen molar-refractivity contribution in [2.24, 2.45) is 0 Å². The standard InChI is InChI=1S/C16H15NO2/c1-18-16(19-2)15-11-7-3-5-9-13(11)17-14-10-6-4-8-12(14)15/h3-10,16H,1-2H3. The third-order valence-corrected chi connectivity index (χ3v) is 3.29. The van der Waals surface area contributed by atoms with Gasteiger partial charge in [-0.1, -0.05) is 36.4 Å². The maximum absolute atomic E-state index is 5.45. The van der Waals surface area contributed by atoms with Crippen LogP contribution in [0.4, 0.5) is 0 Å². The smallest absolute Gasteiger partial charge is 0.184 e. The van der Waals surface area contributed by atoms with Crippen molar-refractivity contribution in [1.29, 1.82) is 0 Å². The minimum absolute atomic E-state index is 0.391. The van der Waals surface area contributed by atoms with Gasteiger partial charge in [0.2, 0.25) is 0 Å². The molecule has 0 atom stereocenters. The summed E-state index contributed by atoms with van der Waals surface area (Å²) in [6.45, 7) is 0. The Morgan fingerprint density at radius 3 is 1.74 bits per heavy atom. The first-order valence-electron chi connectivity index (χ1n) is 6.18. The Morgan fingerprint density at radius 1 is 0.789 bits per heavy atom. The van der Waals surface area contributed by atoms with Crippen LogP contribution in [0.15, 0.2) is 48.5 Å². The second-order valence-corrected chi connectivity index (χ2v) is 4.36. The van der Waals surface area contributed by atoms with Crippen molar-refractivity contribution in [2.45, 2.75) is 6.29 Å². The molecule has 0 N–H and O–H groups in total.